The number of hydrogen-bond acceptors (Lipinski definition) is 5. The lowest BCUT2D eigenvalue weighted by Crippen LogP contribution is -2.49. The van der Waals surface area contributed by atoms with Crippen molar-refractivity contribution in [3.8, 4) is 11.1 Å². The monoisotopic (exact) mass is 480 g/mol. The van der Waals surface area contributed by atoms with Gasteiger partial charge in [0.05, 0.1) is 13.0 Å². The van der Waals surface area contributed by atoms with E-state index in [9.17, 15) is 19.5 Å². The Kier molecular flexibility index (Phi) is 8.02. The fourth-order valence-corrected chi connectivity index (χ4v) is 5.27. The van der Waals surface area contributed by atoms with Crippen LogP contribution in [0.25, 0.3) is 11.1 Å². The second kappa shape index (κ2) is 11.4. The Bertz CT molecular complexity index is 1020. The topological polar surface area (TPSA) is 114 Å². The Balaban J connectivity index is 1.30. The molecule has 0 saturated heterocycles. The van der Waals surface area contributed by atoms with Crippen molar-refractivity contribution in [2.24, 2.45) is 5.92 Å². The predicted octanol–water partition coefficient (Wildman–Crippen LogP) is 3.69. The van der Waals surface area contributed by atoms with E-state index >= 15 is 0 Å². The van der Waals surface area contributed by atoms with Crippen LogP contribution in [0.1, 0.15) is 49.1 Å². The molecule has 186 valence electrons. The molecule has 2 aliphatic rings. The largest absolute Gasteiger partial charge is 0.481 e. The third kappa shape index (κ3) is 5.82. The molecular weight excluding hydrogens is 448 g/mol. The zero-order valence-electron chi connectivity index (χ0n) is 19.9. The number of hydrogen-bond donors (Lipinski definition) is 3. The van der Waals surface area contributed by atoms with Gasteiger partial charge >= 0.3 is 12.1 Å². The van der Waals surface area contributed by atoms with Gasteiger partial charge in [0, 0.05) is 19.1 Å². The lowest BCUT2D eigenvalue weighted by atomic mass is 9.95. The number of fused-ring (bicyclic) bond motifs is 3. The minimum atomic E-state index is -0.951. The molecule has 0 aliphatic heterocycles. The average molecular weight is 481 g/mol. The lowest BCUT2D eigenvalue weighted by Gasteiger charge is -2.25. The summed E-state index contributed by atoms with van der Waals surface area (Å²) in [6.45, 7) is 0.0928. The number of carboxylic acid groups (broad SMARTS) is 1. The second-order valence-corrected chi connectivity index (χ2v) is 9.19. The van der Waals surface area contributed by atoms with Crippen molar-refractivity contribution in [3.05, 3.63) is 59.7 Å². The number of benzene rings is 2. The van der Waals surface area contributed by atoms with Crippen LogP contribution in [0.3, 0.4) is 0 Å². The maximum atomic E-state index is 12.8. The molecule has 0 aromatic heterocycles. The average Bonchev–Trinajstić information content (AvgIpc) is 3.49. The van der Waals surface area contributed by atoms with Crippen molar-refractivity contribution >= 4 is 18.0 Å². The second-order valence-electron chi connectivity index (χ2n) is 9.19. The van der Waals surface area contributed by atoms with Crippen LogP contribution in [0.15, 0.2) is 48.5 Å². The summed E-state index contributed by atoms with van der Waals surface area (Å²) in [4.78, 5) is 36.5. The molecular formula is C27H32N2O6. The molecule has 1 saturated carbocycles. The van der Waals surface area contributed by atoms with Crippen LogP contribution in [-0.2, 0) is 19.1 Å². The van der Waals surface area contributed by atoms with E-state index in [1.165, 1.54) is 7.11 Å². The first-order valence-corrected chi connectivity index (χ1v) is 12.1. The Morgan fingerprint density at radius 3 is 2.17 bits per heavy atom. The van der Waals surface area contributed by atoms with E-state index < -0.39 is 30.1 Å². The molecule has 2 aromatic carbocycles. The number of nitrogens with one attached hydrogen (secondary N) is 2. The summed E-state index contributed by atoms with van der Waals surface area (Å²) in [5.41, 5.74) is 4.52. The van der Waals surface area contributed by atoms with Gasteiger partial charge in [0.2, 0.25) is 0 Å². The minimum absolute atomic E-state index is 0.0575. The van der Waals surface area contributed by atoms with Crippen LogP contribution in [0.4, 0.5) is 4.79 Å². The van der Waals surface area contributed by atoms with Gasteiger partial charge in [-0.15, -0.1) is 0 Å². The maximum absolute atomic E-state index is 12.8. The molecule has 2 aromatic rings. The molecule has 8 nitrogen and oxygen atoms in total. The summed E-state index contributed by atoms with van der Waals surface area (Å²) in [5.74, 6) is -1.31. The predicted molar refractivity (Wildman–Crippen MR) is 130 cm³/mol. The van der Waals surface area contributed by atoms with E-state index in [0.717, 1.165) is 47.9 Å². The van der Waals surface area contributed by atoms with Gasteiger partial charge in [0.15, 0.2) is 6.10 Å². The summed E-state index contributed by atoms with van der Waals surface area (Å²) in [5, 5.41) is 14.7. The molecule has 35 heavy (non-hydrogen) atoms. The number of amides is 2. The minimum Gasteiger partial charge on any atom is -0.481 e. The highest BCUT2D eigenvalue weighted by Crippen LogP contribution is 2.44. The molecule has 0 bridgehead atoms. The van der Waals surface area contributed by atoms with E-state index in [-0.39, 0.29) is 31.4 Å². The van der Waals surface area contributed by atoms with Gasteiger partial charge in [-0.3, -0.25) is 9.59 Å². The van der Waals surface area contributed by atoms with Crippen molar-refractivity contribution in [3.63, 3.8) is 0 Å². The van der Waals surface area contributed by atoms with Crippen LogP contribution in [0.2, 0.25) is 0 Å². The summed E-state index contributed by atoms with van der Waals surface area (Å²) in [6.07, 6.45) is 2.14. The standard InChI is InChI=1S/C27H32N2O6/c1-34-24(26(32)29-23(14-25(30)31)17-8-2-3-9-17)15-28-27(33)35-16-22-20-12-6-4-10-18(20)19-11-5-7-13-21(19)22/h4-7,10-13,17,22-24H,2-3,8-9,14-16H2,1H3,(H,28,33)(H,29,32)(H,30,31). The molecule has 2 atom stereocenters. The van der Waals surface area contributed by atoms with Gasteiger partial charge in [-0.05, 0) is 41.0 Å². The lowest BCUT2D eigenvalue weighted by molar-refractivity contribution is -0.138. The number of ether oxygens (including phenoxy) is 2. The van der Waals surface area contributed by atoms with Gasteiger partial charge < -0.3 is 25.2 Å². The molecule has 2 amide bonds. The molecule has 8 heteroatoms. The number of alkyl carbamates (subject to hydrolysis) is 1. The van der Waals surface area contributed by atoms with Crippen LogP contribution in [0, 0.1) is 5.92 Å². The number of carboxylic acids is 1. The highest BCUT2D eigenvalue weighted by Gasteiger charge is 2.31. The number of aliphatic carboxylic acids is 1. The molecule has 2 unspecified atom stereocenters. The Labute approximate surface area is 205 Å². The summed E-state index contributed by atoms with van der Waals surface area (Å²) in [7, 11) is 1.38. The van der Waals surface area contributed by atoms with E-state index in [2.05, 4.69) is 22.8 Å². The third-order valence-corrected chi connectivity index (χ3v) is 7.04. The third-order valence-electron chi connectivity index (χ3n) is 7.04. The molecule has 1 fully saturated rings. The van der Waals surface area contributed by atoms with Crippen molar-refractivity contribution in [2.75, 3.05) is 20.3 Å². The van der Waals surface area contributed by atoms with Crippen LogP contribution in [0.5, 0.6) is 0 Å². The Morgan fingerprint density at radius 2 is 1.60 bits per heavy atom. The molecule has 0 spiro atoms. The first-order valence-electron chi connectivity index (χ1n) is 12.1. The maximum Gasteiger partial charge on any atom is 0.407 e. The van der Waals surface area contributed by atoms with Gasteiger partial charge in [-0.2, -0.15) is 0 Å². The highest BCUT2D eigenvalue weighted by molar-refractivity contribution is 5.83. The summed E-state index contributed by atoms with van der Waals surface area (Å²) < 4.78 is 10.8. The van der Waals surface area contributed by atoms with E-state index in [1.807, 2.05) is 36.4 Å². The van der Waals surface area contributed by atoms with Crippen LogP contribution >= 0.6 is 0 Å². The zero-order chi connectivity index (χ0) is 24.8. The van der Waals surface area contributed by atoms with Crippen LogP contribution < -0.4 is 10.6 Å². The Hall–Kier alpha value is -3.39. The molecule has 2 aliphatic carbocycles. The van der Waals surface area contributed by atoms with Crippen LogP contribution in [-0.4, -0.2) is 55.5 Å². The van der Waals surface area contributed by atoms with Gasteiger partial charge in [-0.25, -0.2) is 4.79 Å². The van der Waals surface area contributed by atoms with Crippen molar-refractivity contribution in [1.29, 1.82) is 0 Å². The van der Waals surface area contributed by atoms with Crippen molar-refractivity contribution in [1.82, 2.24) is 10.6 Å². The van der Waals surface area contributed by atoms with E-state index in [4.69, 9.17) is 9.47 Å². The molecule has 0 radical (unpaired) electrons. The fourth-order valence-electron chi connectivity index (χ4n) is 5.27. The number of carbonyl (C=O) groups excluding carboxylic acids is 2. The first kappa shape index (κ1) is 24.7. The highest BCUT2D eigenvalue weighted by atomic mass is 16.5. The molecule has 3 N–H and O–H groups in total. The van der Waals surface area contributed by atoms with E-state index in [1.54, 1.807) is 0 Å². The number of carbonyl (C=O) groups is 3. The Morgan fingerprint density at radius 1 is 1.00 bits per heavy atom. The molecule has 0 heterocycles. The number of methoxy groups -OCH3 is 1. The normalized spacial score (nSPS) is 16.7. The quantitative estimate of drug-likeness (QED) is 0.478. The van der Waals surface area contributed by atoms with Gasteiger partial charge in [0.1, 0.15) is 6.61 Å². The van der Waals surface area contributed by atoms with Gasteiger partial charge in [-0.1, -0.05) is 61.4 Å². The SMILES string of the molecule is COC(CNC(=O)OCC1c2ccccc2-c2ccccc21)C(=O)NC(CC(=O)O)C1CCCC1. The van der Waals surface area contributed by atoms with E-state index in [0.29, 0.717) is 0 Å². The van der Waals surface area contributed by atoms with Gasteiger partial charge in [0.25, 0.3) is 5.91 Å². The smallest absolute Gasteiger partial charge is 0.407 e. The van der Waals surface area contributed by atoms with Crippen molar-refractivity contribution < 1.29 is 29.0 Å². The van der Waals surface area contributed by atoms with Crippen molar-refractivity contribution in [2.45, 2.75) is 50.2 Å². The summed E-state index contributed by atoms with van der Waals surface area (Å²) >= 11 is 0. The first-order chi connectivity index (χ1) is 17.0. The zero-order valence-corrected chi connectivity index (χ0v) is 19.9. The summed E-state index contributed by atoms with van der Waals surface area (Å²) in [6, 6.07) is 15.7. The molecule has 4 rings (SSSR count). The number of rotatable bonds is 10. The fraction of sp³-hybridized carbons (Fsp3) is 0.444.